The predicted molar refractivity (Wildman–Crippen MR) is 76.3 cm³/mol. The Kier molecular flexibility index (Phi) is 6.31. The van der Waals surface area contributed by atoms with Crippen molar-refractivity contribution >= 4 is 10.1 Å². The smallest absolute Gasteiger partial charge is 0.264 e. The first-order valence-corrected chi connectivity index (χ1v) is 8.14. The van der Waals surface area contributed by atoms with Gasteiger partial charge in [0.25, 0.3) is 10.1 Å². The molecule has 0 saturated carbocycles. The van der Waals surface area contributed by atoms with E-state index in [2.05, 4.69) is 6.07 Å². The lowest BCUT2D eigenvalue weighted by atomic mass is 10.1. The molecule has 0 aliphatic carbocycles. The standard InChI is InChI=1S/C14H22O4S/c1-12-7-8-13(2)14(11-12)18-9-5-3-4-6-10-19(15,16)17/h7-8,11H,3-6,9-10H2,1-2H3,(H,15,16,17). The molecule has 108 valence electrons. The van der Waals surface area contributed by atoms with Gasteiger partial charge in [0, 0.05) is 0 Å². The molecule has 0 aliphatic rings. The van der Waals surface area contributed by atoms with E-state index in [9.17, 15) is 8.42 Å². The Labute approximate surface area is 115 Å². The summed E-state index contributed by atoms with van der Waals surface area (Å²) in [5.74, 6) is 0.767. The summed E-state index contributed by atoms with van der Waals surface area (Å²) in [6.07, 6.45) is 3.08. The van der Waals surface area contributed by atoms with Crippen molar-refractivity contribution in [1.82, 2.24) is 0 Å². The van der Waals surface area contributed by atoms with Gasteiger partial charge in [-0.15, -0.1) is 0 Å². The minimum absolute atomic E-state index is 0.148. The van der Waals surface area contributed by atoms with Gasteiger partial charge in [-0.1, -0.05) is 25.0 Å². The molecule has 1 aromatic carbocycles. The molecule has 5 heteroatoms. The molecular formula is C14H22O4S. The van der Waals surface area contributed by atoms with Crippen LogP contribution < -0.4 is 4.74 Å². The molecule has 0 atom stereocenters. The van der Waals surface area contributed by atoms with Gasteiger partial charge in [-0.2, -0.15) is 8.42 Å². The molecule has 0 fully saturated rings. The molecule has 0 bridgehead atoms. The summed E-state index contributed by atoms with van der Waals surface area (Å²) in [5.41, 5.74) is 2.30. The molecule has 1 N–H and O–H groups in total. The normalized spacial score (nSPS) is 11.5. The summed E-state index contributed by atoms with van der Waals surface area (Å²) in [6, 6.07) is 6.11. The van der Waals surface area contributed by atoms with Gasteiger partial charge in [-0.25, -0.2) is 0 Å². The molecule has 0 aliphatic heterocycles. The van der Waals surface area contributed by atoms with E-state index in [0.717, 1.165) is 30.6 Å². The zero-order valence-corrected chi connectivity index (χ0v) is 12.4. The molecule has 4 nitrogen and oxygen atoms in total. The number of unbranched alkanes of at least 4 members (excludes halogenated alkanes) is 3. The van der Waals surface area contributed by atoms with Gasteiger partial charge in [-0.05, 0) is 43.9 Å². The highest BCUT2D eigenvalue weighted by atomic mass is 32.2. The van der Waals surface area contributed by atoms with Crippen molar-refractivity contribution in [3.8, 4) is 5.75 Å². The molecular weight excluding hydrogens is 264 g/mol. The summed E-state index contributed by atoms with van der Waals surface area (Å²) in [5, 5.41) is 0. The lowest BCUT2D eigenvalue weighted by Gasteiger charge is -2.09. The molecule has 0 aromatic heterocycles. The zero-order valence-electron chi connectivity index (χ0n) is 11.6. The maximum atomic E-state index is 10.5. The SMILES string of the molecule is Cc1ccc(C)c(OCCCCCCS(=O)(=O)O)c1. The lowest BCUT2D eigenvalue weighted by Crippen LogP contribution is -2.04. The van der Waals surface area contributed by atoms with Crippen LogP contribution in [0.3, 0.4) is 0 Å². The van der Waals surface area contributed by atoms with Crippen LogP contribution in [0.15, 0.2) is 18.2 Å². The van der Waals surface area contributed by atoms with Crippen molar-refractivity contribution in [3.05, 3.63) is 29.3 Å². The highest BCUT2D eigenvalue weighted by Gasteiger charge is 2.03. The topological polar surface area (TPSA) is 63.6 Å². The van der Waals surface area contributed by atoms with Crippen molar-refractivity contribution in [2.45, 2.75) is 39.5 Å². The highest BCUT2D eigenvalue weighted by molar-refractivity contribution is 7.85. The van der Waals surface area contributed by atoms with Crippen LogP contribution in [-0.4, -0.2) is 25.3 Å². The summed E-state index contributed by atoms with van der Waals surface area (Å²) >= 11 is 0. The van der Waals surface area contributed by atoms with E-state index in [1.54, 1.807) is 0 Å². The first-order chi connectivity index (χ1) is 8.88. The van der Waals surface area contributed by atoms with Crippen LogP contribution in [0.5, 0.6) is 5.75 Å². The molecule has 1 rings (SSSR count). The second kappa shape index (κ2) is 7.50. The Bertz CT molecular complexity index is 494. The van der Waals surface area contributed by atoms with E-state index < -0.39 is 10.1 Å². The number of rotatable bonds is 8. The summed E-state index contributed by atoms with van der Waals surface area (Å²) < 4.78 is 35.3. The van der Waals surface area contributed by atoms with Crippen LogP contribution >= 0.6 is 0 Å². The fourth-order valence-corrected chi connectivity index (χ4v) is 2.35. The number of benzene rings is 1. The molecule has 19 heavy (non-hydrogen) atoms. The van der Waals surface area contributed by atoms with Crippen molar-refractivity contribution < 1.29 is 17.7 Å². The Hall–Kier alpha value is -1.07. The first-order valence-electron chi connectivity index (χ1n) is 6.54. The average molecular weight is 286 g/mol. The van der Waals surface area contributed by atoms with E-state index in [1.807, 2.05) is 26.0 Å². The summed E-state index contributed by atoms with van der Waals surface area (Å²) in [4.78, 5) is 0. The third-order valence-corrected chi connectivity index (χ3v) is 3.70. The monoisotopic (exact) mass is 286 g/mol. The number of hydrogen-bond acceptors (Lipinski definition) is 3. The van der Waals surface area contributed by atoms with E-state index in [-0.39, 0.29) is 5.75 Å². The second-order valence-corrected chi connectivity index (χ2v) is 6.39. The van der Waals surface area contributed by atoms with Gasteiger partial charge in [0.05, 0.1) is 12.4 Å². The fraction of sp³-hybridized carbons (Fsp3) is 0.571. The Morgan fingerprint density at radius 2 is 1.79 bits per heavy atom. The van der Waals surface area contributed by atoms with Gasteiger partial charge in [0.1, 0.15) is 5.75 Å². The van der Waals surface area contributed by atoms with Gasteiger partial charge < -0.3 is 4.74 Å². The zero-order chi connectivity index (χ0) is 14.3. The quantitative estimate of drug-likeness (QED) is 0.589. The third kappa shape index (κ3) is 7.18. The van der Waals surface area contributed by atoms with Crippen molar-refractivity contribution in [3.63, 3.8) is 0 Å². The summed E-state index contributed by atoms with van der Waals surface area (Å²) in [7, 11) is -3.80. The van der Waals surface area contributed by atoms with Crippen molar-refractivity contribution in [2.24, 2.45) is 0 Å². The highest BCUT2D eigenvalue weighted by Crippen LogP contribution is 2.19. The van der Waals surface area contributed by atoms with Crippen LogP contribution in [0.1, 0.15) is 36.8 Å². The predicted octanol–water partition coefficient (Wildman–Crippen LogP) is 3.13. The minimum Gasteiger partial charge on any atom is -0.493 e. The van der Waals surface area contributed by atoms with E-state index >= 15 is 0 Å². The van der Waals surface area contributed by atoms with Crippen LogP contribution in [0, 0.1) is 13.8 Å². The molecule has 0 heterocycles. The van der Waals surface area contributed by atoms with E-state index in [0.29, 0.717) is 13.0 Å². The Morgan fingerprint density at radius 3 is 2.47 bits per heavy atom. The fourth-order valence-electron chi connectivity index (χ4n) is 1.79. The Balaban J connectivity index is 2.16. The van der Waals surface area contributed by atoms with E-state index in [1.165, 1.54) is 5.56 Å². The lowest BCUT2D eigenvalue weighted by molar-refractivity contribution is 0.303. The number of aryl methyl sites for hydroxylation is 2. The van der Waals surface area contributed by atoms with Gasteiger partial charge in [0.15, 0.2) is 0 Å². The van der Waals surface area contributed by atoms with Crippen LogP contribution in [0.2, 0.25) is 0 Å². The molecule has 0 radical (unpaired) electrons. The van der Waals surface area contributed by atoms with Gasteiger partial charge >= 0.3 is 0 Å². The average Bonchev–Trinajstić information content (AvgIpc) is 2.31. The molecule has 1 aromatic rings. The van der Waals surface area contributed by atoms with Gasteiger partial charge in [-0.3, -0.25) is 4.55 Å². The molecule has 0 amide bonds. The minimum atomic E-state index is -3.80. The van der Waals surface area contributed by atoms with Crippen molar-refractivity contribution in [1.29, 1.82) is 0 Å². The molecule has 0 unspecified atom stereocenters. The molecule has 0 saturated heterocycles. The maximum absolute atomic E-state index is 10.5. The summed E-state index contributed by atoms with van der Waals surface area (Å²) in [6.45, 7) is 4.68. The third-order valence-electron chi connectivity index (χ3n) is 2.90. The maximum Gasteiger partial charge on any atom is 0.264 e. The van der Waals surface area contributed by atoms with Crippen molar-refractivity contribution in [2.75, 3.05) is 12.4 Å². The van der Waals surface area contributed by atoms with E-state index in [4.69, 9.17) is 9.29 Å². The first kappa shape index (κ1) is 16.0. The van der Waals surface area contributed by atoms with Crippen LogP contribution in [0.4, 0.5) is 0 Å². The largest absolute Gasteiger partial charge is 0.493 e. The van der Waals surface area contributed by atoms with Crippen LogP contribution in [-0.2, 0) is 10.1 Å². The number of hydrogen-bond donors (Lipinski definition) is 1. The number of ether oxygens (including phenoxy) is 1. The van der Waals surface area contributed by atoms with Gasteiger partial charge in [0.2, 0.25) is 0 Å². The molecule has 0 spiro atoms. The van der Waals surface area contributed by atoms with Crippen LogP contribution in [0.25, 0.3) is 0 Å². The Morgan fingerprint density at radius 1 is 1.11 bits per heavy atom. The second-order valence-electron chi connectivity index (χ2n) is 4.82.